The van der Waals surface area contributed by atoms with Gasteiger partial charge in [0.15, 0.2) is 4.80 Å². The maximum Gasteiger partial charge on any atom is 0.189 e. The van der Waals surface area contributed by atoms with E-state index in [1.807, 2.05) is 42.5 Å². The molecule has 0 amide bonds. The van der Waals surface area contributed by atoms with Gasteiger partial charge < -0.3 is 9.84 Å². The Hall–Kier alpha value is -2.37. The molecule has 23 heavy (non-hydrogen) atoms. The summed E-state index contributed by atoms with van der Waals surface area (Å²) in [4.78, 5) is 5.36. The lowest BCUT2D eigenvalue weighted by Gasteiger charge is -2.09. The Morgan fingerprint density at radius 2 is 1.83 bits per heavy atom. The van der Waals surface area contributed by atoms with Crippen LogP contribution in [0, 0.1) is 0 Å². The molecule has 0 spiro atoms. The largest absolute Gasteiger partial charge is 0.497 e. The maximum atomic E-state index is 9.06. The van der Waals surface area contributed by atoms with Gasteiger partial charge in [-0.15, -0.1) is 11.3 Å². The zero-order chi connectivity index (χ0) is 16.1. The molecule has 0 bridgehead atoms. The summed E-state index contributed by atoms with van der Waals surface area (Å²) >= 11 is 1.57. The van der Waals surface area contributed by atoms with Crippen molar-refractivity contribution in [1.82, 2.24) is 4.57 Å². The molecule has 3 rings (SSSR count). The quantitative estimate of drug-likeness (QED) is 0.783. The fourth-order valence-electron chi connectivity index (χ4n) is 2.36. The van der Waals surface area contributed by atoms with Gasteiger partial charge in [-0.2, -0.15) is 0 Å². The molecule has 0 atom stereocenters. The number of rotatable bonds is 5. The monoisotopic (exact) mass is 326 g/mol. The van der Waals surface area contributed by atoms with E-state index < -0.39 is 0 Å². The van der Waals surface area contributed by atoms with Crippen molar-refractivity contribution in [1.29, 1.82) is 0 Å². The molecule has 0 radical (unpaired) electrons. The van der Waals surface area contributed by atoms with Gasteiger partial charge in [0, 0.05) is 11.1 Å². The van der Waals surface area contributed by atoms with Crippen molar-refractivity contribution in [2.24, 2.45) is 4.99 Å². The Kier molecular flexibility index (Phi) is 4.90. The summed E-state index contributed by atoms with van der Waals surface area (Å²) in [6, 6.07) is 18.1. The van der Waals surface area contributed by atoms with Gasteiger partial charge in [-0.3, -0.25) is 9.56 Å². The van der Waals surface area contributed by atoms with E-state index in [9.17, 15) is 0 Å². The van der Waals surface area contributed by atoms with Crippen molar-refractivity contribution in [3.8, 4) is 22.7 Å². The van der Waals surface area contributed by atoms with Crippen LogP contribution in [0.3, 0.4) is 0 Å². The highest BCUT2D eigenvalue weighted by atomic mass is 32.1. The van der Waals surface area contributed by atoms with Crippen LogP contribution in [0.5, 0.6) is 5.75 Å². The van der Waals surface area contributed by atoms with Gasteiger partial charge >= 0.3 is 0 Å². The first kappa shape index (κ1) is 15.5. The zero-order valence-electron chi connectivity index (χ0n) is 12.8. The molecule has 1 N–H and O–H groups in total. The van der Waals surface area contributed by atoms with E-state index in [0.29, 0.717) is 6.54 Å². The lowest BCUT2D eigenvalue weighted by atomic mass is 10.1. The highest BCUT2D eigenvalue weighted by Gasteiger charge is 2.10. The minimum atomic E-state index is 0.0462. The van der Waals surface area contributed by atoms with Gasteiger partial charge in [-0.25, -0.2) is 0 Å². The third kappa shape index (κ3) is 3.36. The van der Waals surface area contributed by atoms with E-state index in [-0.39, 0.29) is 6.61 Å². The standard InChI is InChI=1S/C18H18N2O2S/c1-22-16-9-7-14(8-10-16)17-13-23-18(19-11-12-21)20(17)15-5-3-2-4-6-15/h2-10,13,21H,11-12H2,1H3. The SMILES string of the molecule is COc1ccc(-c2csc(=NCCO)n2-c2ccccc2)cc1. The molecule has 118 valence electrons. The smallest absolute Gasteiger partial charge is 0.189 e. The molecule has 4 nitrogen and oxygen atoms in total. The number of hydrogen-bond donors (Lipinski definition) is 1. The summed E-state index contributed by atoms with van der Waals surface area (Å²) < 4.78 is 7.34. The summed E-state index contributed by atoms with van der Waals surface area (Å²) in [6.07, 6.45) is 0. The van der Waals surface area contributed by atoms with Crippen LogP contribution < -0.4 is 9.54 Å². The van der Waals surface area contributed by atoms with Crippen molar-refractivity contribution >= 4 is 11.3 Å². The molecule has 0 fully saturated rings. The Labute approximate surface area is 139 Å². The Morgan fingerprint density at radius 1 is 1.09 bits per heavy atom. The number of ether oxygens (including phenoxy) is 1. The molecule has 0 aliphatic carbocycles. The summed E-state index contributed by atoms with van der Waals surface area (Å²) in [6.45, 7) is 0.444. The summed E-state index contributed by atoms with van der Waals surface area (Å²) in [5.74, 6) is 0.834. The van der Waals surface area contributed by atoms with Gasteiger partial charge in [0.1, 0.15) is 5.75 Å². The molecule has 1 heterocycles. The molecule has 0 aliphatic heterocycles. The molecule has 2 aromatic carbocycles. The first-order valence-corrected chi connectivity index (χ1v) is 8.23. The summed E-state index contributed by atoms with van der Waals surface area (Å²) in [5.41, 5.74) is 3.22. The Bertz CT molecular complexity index is 820. The predicted octanol–water partition coefficient (Wildman–Crippen LogP) is 3.11. The van der Waals surface area contributed by atoms with Gasteiger partial charge in [-0.1, -0.05) is 18.2 Å². The first-order chi connectivity index (χ1) is 11.3. The van der Waals surface area contributed by atoms with E-state index >= 15 is 0 Å². The van der Waals surface area contributed by atoms with Crippen molar-refractivity contribution in [3.05, 3.63) is 64.8 Å². The molecule has 0 aliphatic rings. The normalized spacial score (nSPS) is 11.7. The van der Waals surface area contributed by atoms with Gasteiger partial charge in [0.05, 0.1) is 26.0 Å². The first-order valence-electron chi connectivity index (χ1n) is 7.35. The molecule has 0 saturated heterocycles. The number of aliphatic hydroxyl groups is 1. The number of aliphatic hydroxyl groups excluding tert-OH is 1. The number of aromatic nitrogens is 1. The molecule has 3 aromatic rings. The molecular weight excluding hydrogens is 308 g/mol. The third-order valence-electron chi connectivity index (χ3n) is 3.46. The number of hydrogen-bond acceptors (Lipinski definition) is 4. The lowest BCUT2D eigenvalue weighted by Crippen LogP contribution is -2.15. The third-order valence-corrected chi connectivity index (χ3v) is 4.32. The van der Waals surface area contributed by atoms with Crippen LogP contribution in [-0.4, -0.2) is 29.9 Å². The Morgan fingerprint density at radius 3 is 2.48 bits per heavy atom. The molecular formula is C18H18N2O2S. The second kappa shape index (κ2) is 7.26. The number of methoxy groups -OCH3 is 1. The van der Waals surface area contributed by atoms with Gasteiger partial charge in [0.2, 0.25) is 0 Å². The Balaban J connectivity index is 2.15. The maximum absolute atomic E-state index is 9.06. The number of para-hydroxylation sites is 1. The van der Waals surface area contributed by atoms with Gasteiger partial charge in [0.25, 0.3) is 0 Å². The topological polar surface area (TPSA) is 46.8 Å². The van der Waals surface area contributed by atoms with Crippen LogP contribution in [0.4, 0.5) is 0 Å². The van der Waals surface area contributed by atoms with Crippen LogP contribution in [0.1, 0.15) is 0 Å². The van der Waals surface area contributed by atoms with Crippen molar-refractivity contribution < 1.29 is 9.84 Å². The molecule has 0 saturated carbocycles. The second-order valence-electron chi connectivity index (χ2n) is 4.91. The van der Waals surface area contributed by atoms with Crippen molar-refractivity contribution in [3.63, 3.8) is 0 Å². The fraction of sp³-hybridized carbons (Fsp3) is 0.167. The predicted molar refractivity (Wildman–Crippen MR) is 93.1 cm³/mol. The van der Waals surface area contributed by atoms with E-state index in [2.05, 4.69) is 27.1 Å². The minimum Gasteiger partial charge on any atom is -0.497 e. The lowest BCUT2D eigenvalue weighted by molar-refractivity contribution is 0.305. The van der Waals surface area contributed by atoms with E-state index in [0.717, 1.165) is 27.5 Å². The van der Waals surface area contributed by atoms with E-state index in [4.69, 9.17) is 9.84 Å². The minimum absolute atomic E-state index is 0.0462. The van der Waals surface area contributed by atoms with Crippen LogP contribution >= 0.6 is 11.3 Å². The van der Waals surface area contributed by atoms with Crippen LogP contribution in [0.15, 0.2) is 65.0 Å². The van der Waals surface area contributed by atoms with Crippen LogP contribution in [0.2, 0.25) is 0 Å². The number of thiazole rings is 1. The molecule has 5 heteroatoms. The fourth-order valence-corrected chi connectivity index (χ4v) is 3.29. The summed E-state index contributed by atoms with van der Waals surface area (Å²) in [5, 5.41) is 11.1. The zero-order valence-corrected chi connectivity index (χ0v) is 13.7. The second-order valence-corrected chi connectivity index (χ2v) is 5.74. The molecule has 0 unspecified atom stereocenters. The van der Waals surface area contributed by atoms with Gasteiger partial charge in [-0.05, 0) is 42.0 Å². The molecule has 1 aromatic heterocycles. The highest BCUT2D eigenvalue weighted by Crippen LogP contribution is 2.25. The highest BCUT2D eigenvalue weighted by molar-refractivity contribution is 7.07. The van der Waals surface area contributed by atoms with E-state index in [1.165, 1.54) is 0 Å². The number of benzene rings is 2. The average molecular weight is 326 g/mol. The van der Waals surface area contributed by atoms with Crippen LogP contribution in [-0.2, 0) is 0 Å². The number of nitrogens with zero attached hydrogens (tertiary/aromatic N) is 2. The average Bonchev–Trinajstić information content (AvgIpc) is 3.04. The van der Waals surface area contributed by atoms with Crippen LogP contribution in [0.25, 0.3) is 16.9 Å². The van der Waals surface area contributed by atoms with Crippen molar-refractivity contribution in [2.75, 3.05) is 20.3 Å². The van der Waals surface area contributed by atoms with E-state index in [1.54, 1.807) is 18.4 Å². The van der Waals surface area contributed by atoms with Crippen molar-refractivity contribution in [2.45, 2.75) is 0 Å². The summed E-state index contributed by atoms with van der Waals surface area (Å²) in [7, 11) is 1.66.